The van der Waals surface area contributed by atoms with Crippen LogP contribution in [0.15, 0.2) is 23.8 Å². The Morgan fingerprint density at radius 1 is 1.21 bits per heavy atom. The molecule has 0 radical (unpaired) electrons. The van der Waals surface area contributed by atoms with E-state index in [4.69, 9.17) is 10.5 Å². The van der Waals surface area contributed by atoms with E-state index in [0.717, 1.165) is 17.0 Å². The number of aryl methyl sites for hydroxylation is 2. The summed E-state index contributed by atoms with van der Waals surface area (Å²) in [5.74, 6) is -0.0314. The number of hydrogen-bond donors (Lipinski definition) is 1. The topological polar surface area (TPSA) is 104 Å². The van der Waals surface area contributed by atoms with Gasteiger partial charge in [-0.15, -0.1) is 10.2 Å². The monoisotopic (exact) mass is 341 g/mol. The van der Waals surface area contributed by atoms with Gasteiger partial charge in [-0.1, -0.05) is 11.3 Å². The number of amides is 1. The summed E-state index contributed by atoms with van der Waals surface area (Å²) in [7, 11) is 1.56. The van der Waals surface area contributed by atoms with Gasteiger partial charge in [-0.3, -0.25) is 9.78 Å². The smallest absolute Gasteiger partial charge is 0.251 e. The highest BCUT2D eigenvalue weighted by Crippen LogP contribution is 2.36. The van der Waals surface area contributed by atoms with Crippen molar-refractivity contribution in [3.63, 3.8) is 0 Å². The van der Waals surface area contributed by atoms with Gasteiger partial charge in [0.1, 0.15) is 17.0 Å². The molecular formula is C16H15N5O2S. The first-order valence-corrected chi connectivity index (χ1v) is 7.98. The van der Waals surface area contributed by atoms with Crippen LogP contribution in [0.2, 0.25) is 0 Å². The molecule has 0 fully saturated rings. The van der Waals surface area contributed by atoms with Gasteiger partial charge in [0.05, 0.1) is 18.9 Å². The van der Waals surface area contributed by atoms with Crippen molar-refractivity contribution in [2.45, 2.75) is 13.8 Å². The number of primary amides is 1. The Labute approximate surface area is 142 Å². The molecule has 0 aromatic carbocycles. The molecule has 8 heteroatoms. The Morgan fingerprint density at radius 2 is 1.96 bits per heavy atom. The molecule has 0 aliphatic carbocycles. The molecule has 0 saturated heterocycles. The summed E-state index contributed by atoms with van der Waals surface area (Å²) < 4.78 is 5.40. The van der Waals surface area contributed by atoms with Crippen LogP contribution in [0.5, 0.6) is 5.75 Å². The predicted molar refractivity (Wildman–Crippen MR) is 90.9 cm³/mol. The van der Waals surface area contributed by atoms with Crippen LogP contribution in [0, 0.1) is 13.8 Å². The van der Waals surface area contributed by atoms with E-state index in [0.29, 0.717) is 27.6 Å². The number of methoxy groups -OCH3 is 1. The van der Waals surface area contributed by atoms with E-state index >= 15 is 0 Å². The van der Waals surface area contributed by atoms with Crippen molar-refractivity contribution in [1.29, 1.82) is 0 Å². The van der Waals surface area contributed by atoms with Crippen LogP contribution in [-0.4, -0.2) is 33.2 Å². The van der Waals surface area contributed by atoms with E-state index in [-0.39, 0.29) is 0 Å². The zero-order chi connectivity index (χ0) is 17.3. The highest BCUT2D eigenvalue weighted by Gasteiger charge is 2.23. The molecule has 0 unspecified atom stereocenters. The lowest BCUT2D eigenvalue weighted by atomic mass is 9.97. The predicted octanol–water partition coefficient (Wildman–Crippen LogP) is 2.39. The number of aromatic nitrogens is 4. The average molecular weight is 341 g/mol. The quantitative estimate of drug-likeness (QED) is 0.781. The molecule has 7 nitrogen and oxygen atoms in total. The van der Waals surface area contributed by atoms with Gasteiger partial charge in [-0.05, 0) is 26.0 Å². The third kappa shape index (κ3) is 2.83. The Bertz CT molecular complexity index is 909. The SMILES string of the molecule is COc1cnc(C)cc1-c1cc(C)nc(-c2nncs2)c1C(N)=O. The lowest BCUT2D eigenvalue weighted by Crippen LogP contribution is -2.16. The number of nitrogens with zero attached hydrogens (tertiary/aromatic N) is 4. The van der Waals surface area contributed by atoms with E-state index in [1.807, 2.05) is 26.0 Å². The van der Waals surface area contributed by atoms with Crippen LogP contribution in [0.4, 0.5) is 0 Å². The molecule has 2 N–H and O–H groups in total. The molecule has 3 rings (SSSR count). The van der Waals surface area contributed by atoms with Crippen LogP contribution in [0.3, 0.4) is 0 Å². The summed E-state index contributed by atoms with van der Waals surface area (Å²) in [6.07, 6.45) is 1.62. The number of hydrogen-bond acceptors (Lipinski definition) is 7. The molecule has 0 saturated carbocycles. The fourth-order valence-corrected chi connectivity index (χ4v) is 3.03. The second-order valence-electron chi connectivity index (χ2n) is 5.17. The molecule has 0 atom stereocenters. The first kappa shape index (κ1) is 16.0. The molecular weight excluding hydrogens is 326 g/mol. The van der Waals surface area contributed by atoms with Gasteiger partial charge in [-0.25, -0.2) is 4.98 Å². The second kappa shape index (κ2) is 6.32. The zero-order valence-corrected chi connectivity index (χ0v) is 14.2. The maximum absolute atomic E-state index is 12.2. The van der Waals surface area contributed by atoms with Crippen LogP contribution in [0.25, 0.3) is 21.8 Å². The van der Waals surface area contributed by atoms with E-state index < -0.39 is 5.91 Å². The lowest BCUT2D eigenvalue weighted by Gasteiger charge is -2.15. The molecule has 0 aliphatic rings. The van der Waals surface area contributed by atoms with Gasteiger partial charge in [-0.2, -0.15) is 0 Å². The van der Waals surface area contributed by atoms with Crippen molar-refractivity contribution in [1.82, 2.24) is 20.2 Å². The third-order valence-corrected chi connectivity index (χ3v) is 4.17. The fourth-order valence-electron chi connectivity index (χ4n) is 2.49. The molecule has 0 bridgehead atoms. The Morgan fingerprint density at radius 3 is 2.58 bits per heavy atom. The summed E-state index contributed by atoms with van der Waals surface area (Å²) in [5, 5.41) is 8.38. The maximum atomic E-state index is 12.2. The minimum absolute atomic E-state index is 0.293. The van der Waals surface area contributed by atoms with Crippen molar-refractivity contribution in [3.8, 4) is 27.6 Å². The Hall–Kier alpha value is -2.87. The number of carbonyl (C=O) groups excluding carboxylic acids is 1. The normalized spacial score (nSPS) is 10.6. The number of carbonyl (C=O) groups is 1. The van der Waals surface area contributed by atoms with Crippen molar-refractivity contribution < 1.29 is 9.53 Å². The molecule has 1 amide bonds. The standard InChI is InChI=1S/C16H15N5O2S/c1-8-4-10(12(23-3)6-18-8)11-5-9(2)20-14(13(11)15(17)22)16-21-19-7-24-16/h4-7H,1-3H3,(H2,17,22). The van der Waals surface area contributed by atoms with Gasteiger partial charge in [0.15, 0.2) is 5.01 Å². The van der Waals surface area contributed by atoms with E-state index in [1.54, 1.807) is 18.8 Å². The van der Waals surface area contributed by atoms with E-state index in [9.17, 15) is 4.79 Å². The minimum Gasteiger partial charge on any atom is -0.494 e. The highest BCUT2D eigenvalue weighted by molar-refractivity contribution is 7.12. The molecule has 3 aromatic heterocycles. The summed E-state index contributed by atoms with van der Waals surface area (Å²) in [4.78, 5) is 20.9. The fraction of sp³-hybridized carbons (Fsp3) is 0.188. The van der Waals surface area contributed by atoms with Crippen LogP contribution >= 0.6 is 11.3 Å². The molecule has 0 spiro atoms. The Kier molecular flexibility index (Phi) is 4.22. The lowest BCUT2D eigenvalue weighted by molar-refractivity contribution is 0.100. The molecule has 24 heavy (non-hydrogen) atoms. The van der Waals surface area contributed by atoms with Crippen molar-refractivity contribution in [2.24, 2.45) is 5.73 Å². The largest absolute Gasteiger partial charge is 0.494 e. The first-order valence-electron chi connectivity index (χ1n) is 7.10. The summed E-state index contributed by atoms with van der Waals surface area (Å²) in [6.45, 7) is 3.71. The van der Waals surface area contributed by atoms with Gasteiger partial charge < -0.3 is 10.5 Å². The average Bonchev–Trinajstić information content (AvgIpc) is 3.08. The van der Waals surface area contributed by atoms with Crippen LogP contribution in [0.1, 0.15) is 21.7 Å². The summed E-state index contributed by atoms with van der Waals surface area (Å²) in [5.41, 5.74) is 10.9. The van der Waals surface area contributed by atoms with E-state index in [2.05, 4.69) is 20.2 Å². The number of pyridine rings is 2. The van der Waals surface area contributed by atoms with E-state index in [1.165, 1.54) is 11.3 Å². The highest BCUT2D eigenvalue weighted by atomic mass is 32.1. The molecule has 0 aliphatic heterocycles. The number of rotatable bonds is 4. The van der Waals surface area contributed by atoms with Gasteiger partial charge >= 0.3 is 0 Å². The second-order valence-corrected chi connectivity index (χ2v) is 6.00. The Balaban J connectivity index is 2.37. The van der Waals surface area contributed by atoms with Crippen molar-refractivity contribution in [2.75, 3.05) is 7.11 Å². The van der Waals surface area contributed by atoms with Crippen LogP contribution in [-0.2, 0) is 0 Å². The van der Waals surface area contributed by atoms with Crippen LogP contribution < -0.4 is 10.5 Å². The number of nitrogens with two attached hydrogens (primary N) is 1. The third-order valence-electron chi connectivity index (χ3n) is 3.47. The zero-order valence-electron chi connectivity index (χ0n) is 13.4. The van der Waals surface area contributed by atoms with Gasteiger partial charge in [0.25, 0.3) is 5.91 Å². The van der Waals surface area contributed by atoms with Crippen molar-refractivity contribution >= 4 is 17.2 Å². The first-order chi connectivity index (χ1) is 11.5. The minimum atomic E-state index is -0.584. The maximum Gasteiger partial charge on any atom is 0.251 e. The van der Waals surface area contributed by atoms with Gasteiger partial charge in [0.2, 0.25) is 0 Å². The van der Waals surface area contributed by atoms with Crippen molar-refractivity contribution in [3.05, 3.63) is 40.8 Å². The number of ether oxygens (including phenoxy) is 1. The molecule has 122 valence electrons. The molecule has 3 aromatic rings. The summed E-state index contributed by atoms with van der Waals surface area (Å²) >= 11 is 1.30. The summed E-state index contributed by atoms with van der Waals surface area (Å²) in [6, 6.07) is 3.66. The molecule has 3 heterocycles. The van der Waals surface area contributed by atoms with Gasteiger partial charge in [0, 0.05) is 22.5 Å².